The zero-order valence-corrected chi connectivity index (χ0v) is 8.84. The second-order valence-corrected chi connectivity index (χ2v) is 4.34. The van der Waals surface area contributed by atoms with Gasteiger partial charge in [-0.3, -0.25) is 4.79 Å². The second kappa shape index (κ2) is 3.23. The highest BCUT2D eigenvalue weighted by Crippen LogP contribution is 2.51. The summed E-state index contributed by atoms with van der Waals surface area (Å²) in [7, 11) is 0. The molecule has 0 aromatic heterocycles. The molecule has 1 heteroatoms. The molecule has 0 spiro atoms. The molecule has 0 unspecified atom stereocenters. The van der Waals surface area contributed by atoms with Gasteiger partial charge >= 0.3 is 0 Å². The van der Waals surface area contributed by atoms with Gasteiger partial charge in [0.25, 0.3) is 0 Å². The fourth-order valence-electron chi connectivity index (χ4n) is 2.20. The number of hydrogen-bond donors (Lipinski definition) is 0. The van der Waals surface area contributed by atoms with Gasteiger partial charge in [-0.25, -0.2) is 0 Å². The van der Waals surface area contributed by atoms with E-state index in [1.807, 2.05) is 12.1 Å². The highest BCUT2D eigenvalue weighted by Gasteiger charge is 2.43. The van der Waals surface area contributed by atoms with Crippen molar-refractivity contribution >= 4 is 6.29 Å². The van der Waals surface area contributed by atoms with E-state index >= 15 is 0 Å². The molecule has 0 amide bonds. The van der Waals surface area contributed by atoms with Crippen LogP contribution in [0.15, 0.2) is 18.2 Å². The quantitative estimate of drug-likeness (QED) is 0.665. The molecule has 0 heterocycles. The topological polar surface area (TPSA) is 17.1 Å². The largest absolute Gasteiger partial charge is 0.298 e. The summed E-state index contributed by atoms with van der Waals surface area (Å²) in [6, 6.07) is 6.15. The minimum absolute atomic E-state index is 0.336. The molecule has 1 aromatic carbocycles. The molecule has 74 valence electrons. The Bertz CT molecular complexity index is 361. The van der Waals surface area contributed by atoms with Crippen LogP contribution in [-0.4, -0.2) is 6.29 Å². The first-order chi connectivity index (χ1) is 6.72. The van der Waals surface area contributed by atoms with Crippen LogP contribution in [0, 0.1) is 6.92 Å². The molecular weight excluding hydrogens is 172 g/mol. The van der Waals surface area contributed by atoms with Crippen molar-refractivity contribution in [2.75, 3.05) is 0 Å². The number of carbonyl (C=O) groups excluding carboxylic acids is 1. The van der Waals surface area contributed by atoms with Gasteiger partial charge in [0, 0.05) is 5.56 Å². The van der Waals surface area contributed by atoms with E-state index in [0.717, 1.165) is 18.3 Å². The second-order valence-electron chi connectivity index (χ2n) is 4.34. The fraction of sp³-hybridized carbons (Fsp3) is 0.462. The van der Waals surface area contributed by atoms with Crippen LogP contribution in [0.25, 0.3) is 0 Å². The maximum atomic E-state index is 10.9. The van der Waals surface area contributed by atoms with Gasteiger partial charge < -0.3 is 0 Å². The maximum Gasteiger partial charge on any atom is 0.150 e. The van der Waals surface area contributed by atoms with Gasteiger partial charge in [-0.05, 0) is 37.2 Å². The van der Waals surface area contributed by atoms with Crippen LogP contribution >= 0.6 is 0 Å². The van der Waals surface area contributed by atoms with E-state index in [2.05, 4.69) is 19.9 Å². The molecule has 1 fully saturated rings. The zero-order valence-electron chi connectivity index (χ0n) is 8.84. The van der Waals surface area contributed by atoms with Gasteiger partial charge in [0.05, 0.1) is 0 Å². The van der Waals surface area contributed by atoms with E-state index in [0.29, 0.717) is 5.41 Å². The average Bonchev–Trinajstić information content (AvgIpc) is 2.98. The average molecular weight is 188 g/mol. The summed E-state index contributed by atoms with van der Waals surface area (Å²) < 4.78 is 0. The lowest BCUT2D eigenvalue weighted by Gasteiger charge is -2.15. The molecule has 2 rings (SSSR count). The number of aryl methyl sites for hydroxylation is 1. The zero-order chi connectivity index (χ0) is 10.2. The van der Waals surface area contributed by atoms with E-state index < -0.39 is 0 Å². The first-order valence-electron chi connectivity index (χ1n) is 5.28. The van der Waals surface area contributed by atoms with E-state index in [-0.39, 0.29) is 0 Å². The summed E-state index contributed by atoms with van der Waals surface area (Å²) in [5.41, 5.74) is 3.75. The Balaban J connectivity index is 2.49. The van der Waals surface area contributed by atoms with Gasteiger partial charge in [0.2, 0.25) is 0 Å². The van der Waals surface area contributed by atoms with Gasteiger partial charge in [-0.1, -0.05) is 30.7 Å². The lowest BCUT2D eigenvalue weighted by molar-refractivity contribution is 0.112. The molecule has 0 atom stereocenters. The molecule has 0 N–H and O–H groups in total. The van der Waals surface area contributed by atoms with Crippen molar-refractivity contribution in [3.05, 3.63) is 34.9 Å². The van der Waals surface area contributed by atoms with Crippen LogP contribution < -0.4 is 0 Å². The molecule has 0 bridgehead atoms. The third kappa shape index (κ3) is 1.37. The van der Waals surface area contributed by atoms with Crippen LogP contribution in [-0.2, 0) is 5.41 Å². The summed E-state index contributed by atoms with van der Waals surface area (Å²) in [5, 5.41) is 0. The smallest absolute Gasteiger partial charge is 0.150 e. The van der Waals surface area contributed by atoms with Crippen molar-refractivity contribution in [1.29, 1.82) is 0 Å². The summed E-state index contributed by atoms with van der Waals surface area (Å²) >= 11 is 0. The number of aldehydes is 1. The lowest BCUT2D eigenvalue weighted by atomic mass is 9.88. The molecule has 1 saturated carbocycles. The summed E-state index contributed by atoms with van der Waals surface area (Å²) in [6.45, 7) is 4.30. The summed E-state index contributed by atoms with van der Waals surface area (Å²) in [4.78, 5) is 10.9. The van der Waals surface area contributed by atoms with Crippen molar-refractivity contribution in [1.82, 2.24) is 0 Å². The number of rotatable bonds is 3. The van der Waals surface area contributed by atoms with Crippen LogP contribution in [0.3, 0.4) is 0 Å². The molecule has 1 aromatic rings. The Morgan fingerprint density at radius 1 is 1.43 bits per heavy atom. The molecule has 1 aliphatic rings. The predicted octanol–water partition coefficient (Wildman–Crippen LogP) is 3.25. The molecule has 0 aliphatic heterocycles. The van der Waals surface area contributed by atoms with Gasteiger partial charge in [0.15, 0.2) is 0 Å². The minimum atomic E-state index is 0.336. The molecule has 0 radical (unpaired) electrons. The van der Waals surface area contributed by atoms with Crippen molar-refractivity contribution in [2.24, 2.45) is 0 Å². The normalized spacial score (nSPS) is 17.9. The van der Waals surface area contributed by atoms with Crippen molar-refractivity contribution in [3.8, 4) is 0 Å². The highest BCUT2D eigenvalue weighted by atomic mass is 16.1. The van der Waals surface area contributed by atoms with Gasteiger partial charge in [-0.15, -0.1) is 0 Å². The molecular formula is C13H16O. The van der Waals surface area contributed by atoms with Gasteiger partial charge in [-0.2, -0.15) is 0 Å². The van der Waals surface area contributed by atoms with Crippen molar-refractivity contribution < 1.29 is 4.79 Å². The summed E-state index contributed by atoms with van der Waals surface area (Å²) in [5.74, 6) is 0. The monoisotopic (exact) mass is 188 g/mol. The third-order valence-corrected chi connectivity index (χ3v) is 3.44. The maximum absolute atomic E-state index is 10.9. The van der Waals surface area contributed by atoms with Gasteiger partial charge in [0.1, 0.15) is 6.29 Å². The van der Waals surface area contributed by atoms with Crippen LogP contribution in [0.2, 0.25) is 0 Å². The lowest BCUT2D eigenvalue weighted by Crippen LogP contribution is -2.08. The van der Waals surface area contributed by atoms with Crippen molar-refractivity contribution in [2.45, 2.75) is 38.5 Å². The summed E-state index contributed by atoms with van der Waals surface area (Å²) in [6.07, 6.45) is 4.63. The fourth-order valence-corrected chi connectivity index (χ4v) is 2.20. The molecule has 1 aliphatic carbocycles. The predicted molar refractivity (Wildman–Crippen MR) is 57.8 cm³/mol. The number of carbonyl (C=O) groups is 1. The Morgan fingerprint density at radius 3 is 2.64 bits per heavy atom. The first-order valence-corrected chi connectivity index (χ1v) is 5.28. The van der Waals surface area contributed by atoms with E-state index in [4.69, 9.17) is 0 Å². The van der Waals surface area contributed by atoms with E-state index in [9.17, 15) is 4.79 Å². The Kier molecular flexibility index (Phi) is 2.18. The van der Waals surface area contributed by atoms with Crippen LogP contribution in [0.5, 0.6) is 0 Å². The number of benzene rings is 1. The Morgan fingerprint density at radius 2 is 2.14 bits per heavy atom. The number of hydrogen-bond acceptors (Lipinski definition) is 1. The van der Waals surface area contributed by atoms with E-state index in [1.165, 1.54) is 24.0 Å². The SMILES string of the molecule is CCC1(c2cc(C)ccc2C=O)CC1. The van der Waals surface area contributed by atoms with E-state index in [1.54, 1.807) is 0 Å². The van der Waals surface area contributed by atoms with Crippen LogP contribution in [0.4, 0.5) is 0 Å². The van der Waals surface area contributed by atoms with Crippen LogP contribution in [0.1, 0.15) is 47.7 Å². The third-order valence-electron chi connectivity index (χ3n) is 3.44. The Labute approximate surface area is 85.1 Å². The molecule has 1 nitrogen and oxygen atoms in total. The highest BCUT2D eigenvalue weighted by molar-refractivity contribution is 5.78. The van der Waals surface area contributed by atoms with Crippen molar-refractivity contribution in [3.63, 3.8) is 0 Å². The molecule has 0 saturated heterocycles. The minimum Gasteiger partial charge on any atom is -0.298 e. The molecule has 14 heavy (non-hydrogen) atoms. The standard InChI is InChI=1S/C13H16O/c1-3-13(6-7-13)12-8-10(2)4-5-11(12)9-14/h4-5,8-9H,3,6-7H2,1-2H3. The first kappa shape index (κ1) is 9.45. The Hall–Kier alpha value is -1.11.